The highest BCUT2D eigenvalue weighted by molar-refractivity contribution is 5.77. The van der Waals surface area contributed by atoms with Crippen molar-refractivity contribution in [3.63, 3.8) is 0 Å². The van der Waals surface area contributed by atoms with Crippen molar-refractivity contribution in [2.75, 3.05) is 32.8 Å². The fraction of sp³-hybridized carbons (Fsp3) is 0.773. The van der Waals surface area contributed by atoms with Crippen LogP contribution in [0.15, 0.2) is 12.4 Å². The third-order valence-corrected chi connectivity index (χ3v) is 7.09. The zero-order valence-electron chi connectivity index (χ0n) is 17.6. The molecule has 1 aromatic rings. The highest BCUT2D eigenvalue weighted by Crippen LogP contribution is 2.40. The van der Waals surface area contributed by atoms with Gasteiger partial charge in [-0.25, -0.2) is 4.98 Å². The number of carbonyl (C=O) groups excluding carboxylic acids is 2. The molecule has 3 saturated heterocycles. The molecular formula is C22H34N4O3. The topological polar surface area (TPSA) is 67.7 Å². The number of hydrogen-bond acceptors (Lipinski definition) is 4. The van der Waals surface area contributed by atoms with Gasteiger partial charge in [-0.15, -0.1) is 0 Å². The van der Waals surface area contributed by atoms with Crippen LogP contribution in [0.4, 0.5) is 0 Å². The van der Waals surface area contributed by atoms with Crippen LogP contribution >= 0.6 is 0 Å². The zero-order valence-corrected chi connectivity index (χ0v) is 17.6. The molecule has 0 N–H and O–H groups in total. The molecule has 4 heterocycles. The molecule has 29 heavy (non-hydrogen) atoms. The molecule has 7 heteroatoms. The van der Waals surface area contributed by atoms with Crippen molar-refractivity contribution < 1.29 is 14.3 Å². The molecule has 0 saturated carbocycles. The van der Waals surface area contributed by atoms with Gasteiger partial charge < -0.3 is 19.1 Å². The third kappa shape index (κ3) is 4.82. The highest BCUT2D eigenvalue weighted by atomic mass is 16.5. The SMILES string of the molecule is Cc1nccn1CCCC(=O)N1CCC2(CCC(=O)N(CC3CCCO3)C2)CC1. The van der Waals surface area contributed by atoms with Crippen molar-refractivity contribution in [3.05, 3.63) is 18.2 Å². The van der Waals surface area contributed by atoms with Crippen LogP contribution in [0.3, 0.4) is 0 Å². The van der Waals surface area contributed by atoms with E-state index < -0.39 is 0 Å². The second-order valence-electron chi connectivity index (χ2n) is 9.06. The van der Waals surface area contributed by atoms with Crippen molar-refractivity contribution in [2.45, 2.75) is 70.9 Å². The van der Waals surface area contributed by atoms with Gasteiger partial charge in [0.25, 0.3) is 0 Å². The lowest BCUT2D eigenvalue weighted by Crippen LogP contribution is -2.53. The van der Waals surface area contributed by atoms with Gasteiger partial charge in [-0.1, -0.05) is 0 Å². The number of piperidine rings is 2. The lowest BCUT2D eigenvalue weighted by atomic mass is 9.72. The Morgan fingerprint density at radius 3 is 2.83 bits per heavy atom. The Morgan fingerprint density at radius 1 is 1.31 bits per heavy atom. The Bertz CT molecular complexity index is 717. The van der Waals surface area contributed by atoms with E-state index >= 15 is 0 Å². The molecule has 1 aromatic heterocycles. The van der Waals surface area contributed by atoms with E-state index in [4.69, 9.17) is 4.74 Å². The first-order valence-electron chi connectivity index (χ1n) is 11.2. The zero-order chi connectivity index (χ0) is 20.3. The Balaban J connectivity index is 1.24. The summed E-state index contributed by atoms with van der Waals surface area (Å²) in [5.41, 5.74) is 0.192. The standard InChI is InChI=1S/C22H34N4O3/c1-18-23-10-14-24(18)11-2-5-20(27)25-12-8-22(9-13-25)7-6-21(28)26(17-22)16-19-4-3-15-29-19/h10,14,19H,2-9,11-13,15-17H2,1H3. The van der Waals surface area contributed by atoms with Gasteiger partial charge in [0, 0.05) is 64.6 Å². The van der Waals surface area contributed by atoms with Crippen LogP contribution in [0, 0.1) is 12.3 Å². The maximum Gasteiger partial charge on any atom is 0.222 e. The maximum atomic E-state index is 12.6. The lowest BCUT2D eigenvalue weighted by Gasteiger charge is -2.47. The van der Waals surface area contributed by atoms with E-state index in [1.807, 2.05) is 22.9 Å². The molecule has 0 radical (unpaired) electrons. The van der Waals surface area contributed by atoms with Gasteiger partial charge in [-0.3, -0.25) is 9.59 Å². The summed E-state index contributed by atoms with van der Waals surface area (Å²) in [5, 5.41) is 0. The number of amides is 2. The first-order valence-corrected chi connectivity index (χ1v) is 11.2. The summed E-state index contributed by atoms with van der Waals surface area (Å²) < 4.78 is 7.84. The molecule has 1 unspecified atom stereocenters. The fourth-order valence-corrected chi connectivity index (χ4v) is 5.14. The van der Waals surface area contributed by atoms with E-state index in [0.717, 1.165) is 83.7 Å². The number of aryl methyl sites for hydroxylation is 2. The Kier molecular flexibility index (Phi) is 6.23. The van der Waals surface area contributed by atoms with Gasteiger partial charge >= 0.3 is 0 Å². The second-order valence-corrected chi connectivity index (χ2v) is 9.06. The van der Waals surface area contributed by atoms with E-state index in [1.165, 1.54) is 0 Å². The van der Waals surface area contributed by atoms with Crippen LogP contribution < -0.4 is 0 Å². The molecule has 0 aliphatic carbocycles. The van der Waals surface area contributed by atoms with Crippen LogP contribution in [0.1, 0.15) is 57.2 Å². The summed E-state index contributed by atoms with van der Waals surface area (Å²) in [6.45, 7) is 6.90. The van der Waals surface area contributed by atoms with Gasteiger partial charge in [-0.2, -0.15) is 0 Å². The van der Waals surface area contributed by atoms with E-state index in [1.54, 1.807) is 6.20 Å². The summed E-state index contributed by atoms with van der Waals surface area (Å²) in [6.07, 6.45) is 11.2. The van der Waals surface area contributed by atoms with Gasteiger partial charge in [0.1, 0.15) is 5.82 Å². The van der Waals surface area contributed by atoms with Crippen LogP contribution in [0.25, 0.3) is 0 Å². The number of nitrogens with zero attached hydrogens (tertiary/aromatic N) is 4. The number of ether oxygens (including phenoxy) is 1. The van der Waals surface area contributed by atoms with Gasteiger partial charge in [0.2, 0.25) is 11.8 Å². The maximum absolute atomic E-state index is 12.6. The molecule has 0 bridgehead atoms. The molecule has 3 aliphatic heterocycles. The molecule has 1 spiro atoms. The van der Waals surface area contributed by atoms with Crippen molar-refractivity contribution in [1.82, 2.24) is 19.4 Å². The average molecular weight is 403 g/mol. The molecule has 4 rings (SSSR count). The number of hydrogen-bond donors (Lipinski definition) is 0. The first-order chi connectivity index (χ1) is 14.0. The second kappa shape index (κ2) is 8.86. The van der Waals surface area contributed by atoms with Crippen LogP contribution in [-0.4, -0.2) is 70.1 Å². The largest absolute Gasteiger partial charge is 0.376 e. The highest BCUT2D eigenvalue weighted by Gasteiger charge is 2.42. The van der Waals surface area contributed by atoms with Crippen molar-refractivity contribution in [3.8, 4) is 0 Å². The molecule has 7 nitrogen and oxygen atoms in total. The summed E-state index contributed by atoms with van der Waals surface area (Å²) >= 11 is 0. The van der Waals surface area contributed by atoms with E-state index in [9.17, 15) is 9.59 Å². The molecule has 160 valence electrons. The monoisotopic (exact) mass is 402 g/mol. The van der Waals surface area contributed by atoms with Crippen molar-refractivity contribution >= 4 is 11.8 Å². The van der Waals surface area contributed by atoms with Gasteiger partial charge in [-0.05, 0) is 50.9 Å². The van der Waals surface area contributed by atoms with Crippen molar-refractivity contribution in [2.24, 2.45) is 5.41 Å². The summed E-state index contributed by atoms with van der Waals surface area (Å²) in [6, 6.07) is 0. The number of carbonyl (C=O) groups is 2. The minimum Gasteiger partial charge on any atom is -0.376 e. The lowest BCUT2D eigenvalue weighted by molar-refractivity contribution is -0.144. The average Bonchev–Trinajstić information content (AvgIpc) is 3.37. The van der Waals surface area contributed by atoms with E-state index in [2.05, 4.69) is 9.55 Å². The van der Waals surface area contributed by atoms with Crippen LogP contribution in [0.5, 0.6) is 0 Å². The van der Waals surface area contributed by atoms with Crippen molar-refractivity contribution in [1.29, 1.82) is 0 Å². The number of likely N-dealkylation sites (tertiary alicyclic amines) is 2. The molecule has 1 atom stereocenters. The molecule has 3 aliphatic rings. The fourth-order valence-electron chi connectivity index (χ4n) is 5.14. The van der Waals surface area contributed by atoms with Crippen LogP contribution in [0.2, 0.25) is 0 Å². The third-order valence-electron chi connectivity index (χ3n) is 7.09. The number of rotatable bonds is 6. The quantitative estimate of drug-likeness (QED) is 0.733. The van der Waals surface area contributed by atoms with E-state index in [0.29, 0.717) is 12.8 Å². The van der Waals surface area contributed by atoms with E-state index in [-0.39, 0.29) is 23.3 Å². The smallest absolute Gasteiger partial charge is 0.222 e. The number of imidazole rings is 1. The predicted molar refractivity (Wildman–Crippen MR) is 109 cm³/mol. The summed E-state index contributed by atoms with van der Waals surface area (Å²) in [4.78, 5) is 33.4. The Morgan fingerprint density at radius 2 is 2.14 bits per heavy atom. The van der Waals surface area contributed by atoms with Gasteiger partial charge in [0.05, 0.1) is 6.10 Å². The minimum absolute atomic E-state index is 0.192. The molecule has 0 aromatic carbocycles. The van der Waals surface area contributed by atoms with Gasteiger partial charge in [0.15, 0.2) is 0 Å². The number of aromatic nitrogens is 2. The summed E-state index contributed by atoms with van der Waals surface area (Å²) in [5.74, 6) is 1.54. The first kappa shape index (κ1) is 20.4. The normalized spacial score (nSPS) is 24.4. The molecule has 2 amide bonds. The molecule has 3 fully saturated rings. The minimum atomic E-state index is 0.192. The Hall–Kier alpha value is -1.89. The summed E-state index contributed by atoms with van der Waals surface area (Å²) in [7, 11) is 0. The predicted octanol–water partition coefficient (Wildman–Crippen LogP) is 2.38. The molecular weight excluding hydrogens is 368 g/mol. The van der Waals surface area contributed by atoms with Crippen LogP contribution in [-0.2, 0) is 20.9 Å². The Labute approximate surface area is 173 Å².